The molecule has 0 radical (unpaired) electrons. The van der Waals surface area contributed by atoms with Gasteiger partial charge in [0.1, 0.15) is 14.7 Å². The monoisotopic (exact) mass is 1020 g/mol. The zero-order valence-corrected chi connectivity index (χ0v) is 36.6. The number of carbonyl (C=O) groups is 1. The van der Waals surface area contributed by atoms with Gasteiger partial charge in [0, 0.05) is 16.5 Å². The summed E-state index contributed by atoms with van der Waals surface area (Å²) in [5.74, 6) is -3.38. The van der Waals surface area contributed by atoms with Crippen LogP contribution in [0.4, 0.5) is 29.0 Å². The second kappa shape index (κ2) is 17.1. The van der Waals surface area contributed by atoms with Crippen molar-refractivity contribution in [3.05, 3.63) is 88.0 Å². The Hall–Kier alpha value is -5.62. The van der Waals surface area contributed by atoms with Gasteiger partial charge in [-0.2, -0.15) is 62.1 Å². The number of benzene rings is 4. The first-order valence-corrected chi connectivity index (χ1v) is 25.7. The zero-order chi connectivity index (χ0) is 47.4. The van der Waals surface area contributed by atoms with E-state index in [1.54, 1.807) is 0 Å². The van der Waals surface area contributed by atoms with Gasteiger partial charge in [0.15, 0.2) is 15.5 Å². The van der Waals surface area contributed by atoms with Crippen molar-refractivity contribution in [3.8, 4) is 0 Å². The van der Waals surface area contributed by atoms with Crippen LogP contribution in [0.5, 0.6) is 0 Å². The minimum Gasteiger partial charge on any atom is -0.324 e. The number of Topliss-reactive ketones (excluding diaryl/α,β-unsaturated/α-hetero) is 1. The predicted octanol–water partition coefficient (Wildman–Crippen LogP) is 2.39. The van der Waals surface area contributed by atoms with E-state index in [1.807, 2.05) is 0 Å². The summed E-state index contributed by atoms with van der Waals surface area (Å²) in [4.78, 5) is 21.5. The van der Waals surface area contributed by atoms with Gasteiger partial charge in [-0.25, -0.2) is 12.6 Å². The van der Waals surface area contributed by atoms with Crippen molar-refractivity contribution in [3.63, 3.8) is 0 Å². The van der Waals surface area contributed by atoms with Gasteiger partial charge in [-0.05, 0) is 65.7 Å². The van der Waals surface area contributed by atoms with E-state index in [2.05, 4.69) is 40.3 Å². The molecule has 0 amide bonds. The molecule has 5 aromatic rings. The molecule has 0 unspecified atom stereocenters. The number of carbonyl (C=O) groups excluding carboxylic acids is 1. The fraction of sp³-hybridized carbons (Fsp3) is 0.0645. The molecule has 4 aromatic carbocycles. The highest BCUT2D eigenvalue weighted by atomic mass is 35.5. The molecule has 0 atom stereocenters. The molecule has 0 bridgehead atoms. The first kappa shape index (κ1) is 47.8. The number of ketones is 1. The highest BCUT2D eigenvalue weighted by Crippen LogP contribution is 2.37. The summed E-state index contributed by atoms with van der Waals surface area (Å²) in [6, 6.07) is 10.8. The molecule has 8 N–H and O–H groups in total. The normalized spacial score (nSPS) is 14.6. The molecule has 1 heterocycles. The van der Waals surface area contributed by atoms with Crippen molar-refractivity contribution in [1.29, 1.82) is 0 Å². The average molecular weight is 1030 g/mol. The highest BCUT2D eigenvalue weighted by molar-refractivity contribution is 7.91. The number of rotatable bonds is 15. The Morgan fingerprint density at radius 1 is 0.656 bits per heavy atom. The number of halogens is 1. The number of nitrogens with one attached hydrogen (secondary N) is 3. The maximum Gasteiger partial charge on any atom is 0.397 e. The molecule has 64 heavy (non-hydrogen) atoms. The quantitative estimate of drug-likeness (QED) is 0.0551. The van der Waals surface area contributed by atoms with Gasteiger partial charge in [0.05, 0.1) is 39.1 Å². The molecule has 0 aliphatic heterocycles. The molecular formula is C31H24ClN7O19S6. The summed E-state index contributed by atoms with van der Waals surface area (Å²) in [5.41, 5.74) is -1.74. The van der Waals surface area contributed by atoms with E-state index < -0.39 is 155 Å². The highest BCUT2D eigenvalue weighted by Gasteiger charge is 2.36. The lowest BCUT2D eigenvalue weighted by Gasteiger charge is -2.21. The molecule has 33 heteroatoms. The van der Waals surface area contributed by atoms with E-state index in [4.69, 9.17) is 16.2 Å². The summed E-state index contributed by atoms with van der Waals surface area (Å²) in [6.45, 7) is -0.930. The second-order valence-electron chi connectivity index (χ2n) is 12.6. The van der Waals surface area contributed by atoms with Crippen LogP contribution in [0.2, 0.25) is 5.28 Å². The number of sulfone groups is 1. The molecule has 0 saturated carbocycles. The average Bonchev–Trinajstić information content (AvgIpc) is 3.14. The number of hydrogen-bond acceptors (Lipinski definition) is 21. The van der Waals surface area contributed by atoms with E-state index in [0.29, 0.717) is 18.2 Å². The van der Waals surface area contributed by atoms with Gasteiger partial charge >= 0.3 is 10.4 Å². The van der Waals surface area contributed by atoms with Gasteiger partial charge in [-0.15, -0.1) is 0 Å². The van der Waals surface area contributed by atoms with E-state index >= 15 is 0 Å². The number of anilines is 5. The summed E-state index contributed by atoms with van der Waals surface area (Å²) in [5, 5.41) is 7.25. The summed E-state index contributed by atoms with van der Waals surface area (Å²) < 4.78 is 199. The van der Waals surface area contributed by atoms with Crippen LogP contribution in [0.25, 0.3) is 16.8 Å². The van der Waals surface area contributed by atoms with Crippen molar-refractivity contribution in [2.45, 2.75) is 19.6 Å². The molecule has 6 rings (SSSR count). The minimum absolute atomic E-state index is 0.0235. The van der Waals surface area contributed by atoms with Crippen LogP contribution in [0.1, 0.15) is 15.9 Å². The molecule has 0 fully saturated rings. The van der Waals surface area contributed by atoms with Gasteiger partial charge in [-0.3, -0.25) is 33.0 Å². The number of aromatic nitrogens is 3. The van der Waals surface area contributed by atoms with Crippen LogP contribution in [0, 0.1) is 0 Å². The molecule has 1 aliphatic carbocycles. The smallest absolute Gasteiger partial charge is 0.324 e. The van der Waals surface area contributed by atoms with Crippen LogP contribution in [-0.2, 0) is 64.9 Å². The Bertz CT molecular complexity index is 3590. The first-order chi connectivity index (χ1) is 29.4. The molecule has 26 nitrogen and oxygen atoms in total. The van der Waals surface area contributed by atoms with Crippen molar-refractivity contribution in [2.24, 2.45) is 5.10 Å². The SMILES string of the molecule is O=C1/C(=N\Nc2ccc3c(S(=O)(=O)O)cccc3c2S(=O)(=O)O)C(S(=O)(=O)O)=Cc2cc(S(=O)(=O)O)cc(Nc3nc(Cl)nc(Nc4cccc(S(=O)(=O)CCOS(=O)(=O)O)c4)n3)c21. The van der Waals surface area contributed by atoms with Crippen LogP contribution in [0.3, 0.4) is 0 Å². The maximum atomic E-state index is 14.2. The zero-order valence-electron chi connectivity index (χ0n) is 30.9. The van der Waals surface area contributed by atoms with Crippen molar-refractivity contribution < 1.29 is 82.2 Å². The number of hydrogen-bond donors (Lipinski definition) is 8. The summed E-state index contributed by atoms with van der Waals surface area (Å²) >= 11 is 6.10. The Morgan fingerprint density at radius 3 is 1.92 bits per heavy atom. The number of hydrazone groups is 1. The van der Waals surface area contributed by atoms with E-state index in [1.165, 1.54) is 12.1 Å². The third-order valence-corrected chi connectivity index (χ3v) is 14.2. The minimum atomic E-state index is -5.50. The predicted molar refractivity (Wildman–Crippen MR) is 222 cm³/mol. The first-order valence-electron chi connectivity index (χ1n) is 16.6. The lowest BCUT2D eigenvalue weighted by Crippen LogP contribution is -2.28. The standard InChI is InChI=1S/C31H24ClN7O19S6/c32-29-35-30(33-16-3-1-4-17(13-16)59(41,42)10-9-58-64(55,56)57)37-31(36-29)34-22-14-18(60(43,44)45)11-15-12-24(62(49,50)51)26(27(40)25(15)22)39-38-21-8-7-19-20(28(21)63(52,53)54)5-2-6-23(19)61(46,47)48/h1-8,11-14,38H,9-10H2,(H,43,44,45)(H,46,47,48)(H,49,50,51)(H,52,53,54)(H,55,56,57)(H2,33,34,35,36,37)/b39-26-. The van der Waals surface area contributed by atoms with Crippen LogP contribution >= 0.6 is 11.6 Å². The maximum absolute atomic E-state index is 14.2. The van der Waals surface area contributed by atoms with Gasteiger partial charge in [0.25, 0.3) is 40.5 Å². The molecule has 1 aromatic heterocycles. The number of fused-ring (bicyclic) bond motifs is 2. The fourth-order valence-corrected chi connectivity index (χ4v) is 10.3. The third-order valence-electron chi connectivity index (χ3n) is 8.36. The second-order valence-corrected chi connectivity index (χ2v) is 21.7. The van der Waals surface area contributed by atoms with Gasteiger partial charge < -0.3 is 10.6 Å². The molecular weight excluding hydrogens is 1000 g/mol. The number of nitrogens with zero attached hydrogens (tertiary/aromatic N) is 4. The van der Waals surface area contributed by atoms with Crippen LogP contribution in [0.15, 0.2) is 96.3 Å². The lowest BCUT2D eigenvalue weighted by molar-refractivity contribution is 0.106. The van der Waals surface area contributed by atoms with Gasteiger partial charge in [-0.1, -0.05) is 24.3 Å². The molecule has 0 saturated heterocycles. The summed E-state index contributed by atoms with van der Waals surface area (Å²) in [7, 11) is -30.1. The molecule has 0 spiro atoms. The Kier molecular flexibility index (Phi) is 12.8. The topological polar surface area (TPSA) is 419 Å². The molecule has 340 valence electrons. The van der Waals surface area contributed by atoms with Crippen LogP contribution in [-0.4, -0.2) is 112 Å². The van der Waals surface area contributed by atoms with Crippen molar-refractivity contribution >= 4 is 130 Å². The van der Waals surface area contributed by atoms with Crippen molar-refractivity contribution in [1.82, 2.24) is 15.0 Å². The van der Waals surface area contributed by atoms with E-state index in [9.17, 15) is 73.5 Å². The fourth-order valence-electron chi connectivity index (χ4n) is 5.85. The number of allylic oxidation sites excluding steroid dienone is 1. The lowest BCUT2D eigenvalue weighted by atomic mass is 9.93. The Morgan fingerprint density at radius 2 is 1.31 bits per heavy atom. The Labute approximate surface area is 366 Å². The summed E-state index contributed by atoms with van der Waals surface area (Å²) in [6.07, 6.45) is 0.540. The largest absolute Gasteiger partial charge is 0.397 e. The third kappa shape index (κ3) is 10.8. The Balaban J connectivity index is 1.42. The van der Waals surface area contributed by atoms with Gasteiger partial charge in [0.2, 0.25) is 23.0 Å². The van der Waals surface area contributed by atoms with Crippen molar-refractivity contribution in [2.75, 3.05) is 28.4 Å². The van der Waals surface area contributed by atoms with Crippen LogP contribution < -0.4 is 16.1 Å². The molecule has 1 aliphatic rings. The van der Waals surface area contributed by atoms with E-state index in [0.717, 1.165) is 42.5 Å². The van der Waals surface area contributed by atoms with E-state index in [-0.39, 0.29) is 10.6 Å².